The molecule has 1 aliphatic rings. The van der Waals surface area contributed by atoms with Crippen LogP contribution in [0.15, 0.2) is 0 Å². The van der Waals surface area contributed by atoms with E-state index in [0.717, 1.165) is 5.92 Å². The number of piperidine rings is 1. The van der Waals surface area contributed by atoms with E-state index in [-0.39, 0.29) is 0 Å². The van der Waals surface area contributed by atoms with Crippen molar-refractivity contribution in [3.05, 3.63) is 0 Å². The average Bonchev–Trinajstić information content (AvgIpc) is 2.14. The summed E-state index contributed by atoms with van der Waals surface area (Å²) in [6.45, 7) is 18.6. The van der Waals surface area contributed by atoms with Gasteiger partial charge in [-0.2, -0.15) is 0 Å². The van der Waals surface area contributed by atoms with Crippen LogP contribution >= 0.6 is 0 Å². The molecule has 0 aromatic rings. The highest BCUT2D eigenvalue weighted by Gasteiger charge is 2.31. The van der Waals surface area contributed by atoms with Crippen LogP contribution in [0.25, 0.3) is 0 Å². The molecule has 0 unspecified atom stereocenters. The lowest BCUT2D eigenvalue weighted by Crippen LogP contribution is -2.38. The van der Waals surface area contributed by atoms with Crippen LogP contribution in [0.4, 0.5) is 0 Å². The van der Waals surface area contributed by atoms with Crippen LogP contribution in [0.2, 0.25) is 25.2 Å². The van der Waals surface area contributed by atoms with Crippen LogP contribution in [0, 0.1) is 11.3 Å². The van der Waals surface area contributed by atoms with Crippen LogP contribution in [0.5, 0.6) is 0 Å². The van der Waals surface area contributed by atoms with Gasteiger partial charge in [-0.3, -0.25) is 0 Å². The van der Waals surface area contributed by atoms with Crippen molar-refractivity contribution in [3.8, 4) is 0 Å². The number of nitrogens with zero attached hydrogens (tertiary/aromatic N) is 1. The topological polar surface area (TPSA) is 3.24 Å². The normalized spacial score (nSPS) is 20.8. The molecular weight excluding hydrogens is 222 g/mol. The van der Waals surface area contributed by atoms with Gasteiger partial charge in [0.1, 0.15) is 0 Å². The SMILES string of the molecule is CCN1CCC(C[Si](C)(C)CC(C)(C)C)CC1. The summed E-state index contributed by atoms with van der Waals surface area (Å²) in [5.74, 6) is 1.03. The molecule has 0 aliphatic carbocycles. The Bertz CT molecular complexity index is 222. The summed E-state index contributed by atoms with van der Waals surface area (Å²) >= 11 is 0. The van der Waals surface area contributed by atoms with E-state index in [4.69, 9.17) is 0 Å². The zero-order valence-corrected chi connectivity index (χ0v) is 14.0. The van der Waals surface area contributed by atoms with Gasteiger partial charge >= 0.3 is 0 Å². The lowest BCUT2D eigenvalue weighted by molar-refractivity contribution is 0.200. The van der Waals surface area contributed by atoms with E-state index in [9.17, 15) is 0 Å². The predicted octanol–water partition coefficient (Wildman–Crippen LogP) is 4.47. The van der Waals surface area contributed by atoms with Crippen LogP contribution in [0.1, 0.15) is 40.5 Å². The van der Waals surface area contributed by atoms with Crippen molar-refractivity contribution in [2.24, 2.45) is 11.3 Å². The standard InChI is InChI=1S/C15H33NSi/c1-7-16-10-8-14(9-11-16)12-17(5,6)13-15(2,3)4/h14H,7-13H2,1-6H3. The zero-order valence-electron chi connectivity index (χ0n) is 13.0. The van der Waals surface area contributed by atoms with Gasteiger partial charge in [0.25, 0.3) is 0 Å². The Morgan fingerprint density at radius 1 is 1.12 bits per heavy atom. The minimum Gasteiger partial charge on any atom is -0.304 e. The third kappa shape index (κ3) is 6.05. The predicted molar refractivity (Wildman–Crippen MR) is 81.4 cm³/mol. The van der Waals surface area contributed by atoms with E-state index in [0.29, 0.717) is 5.41 Å². The van der Waals surface area contributed by atoms with Gasteiger partial charge in [0.05, 0.1) is 0 Å². The van der Waals surface area contributed by atoms with E-state index in [2.05, 4.69) is 45.7 Å². The molecule has 1 fully saturated rings. The fourth-order valence-electron chi connectivity index (χ4n) is 3.80. The highest BCUT2D eigenvalue weighted by atomic mass is 28.3. The van der Waals surface area contributed by atoms with Crippen molar-refractivity contribution >= 4 is 8.07 Å². The molecule has 1 heterocycles. The lowest BCUT2D eigenvalue weighted by Gasteiger charge is -2.37. The quantitative estimate of drug-likeness (QED) is 0.670. The zero-order chi connectivity index (χ0) is 13.1. The summed E-state index contributed by atoms with van der Waals surface area (Å²) in [7, 11) is -0.977. The Hall–Kier alpha value is 0.177. The molecule has 0 N–H and O–H groups in total. The molecule has 2 heteroatoms. The molecule has 1 aliphatic heterocycles. The molecule has 0 atom stereocenters. The van der Waals surface area contributed by atoms with E-state index >= 15 is 0 Å². The van der Waals surface area contributed by atoms with Gasteiger partial charge in [0.2, 0.25) is 0 Å². The van der Waals surface area contributed by atoms with Crippen molar-refractivity contribution < 1.29 is 0 Å². The minimum atomic E-state index is -0.977. The summed E-state index contributed by atoms with van der Waals surface area (Å²) in [6.07, 6.45) is 2.91. The number of hydrogen-bond donors (Lipinski definition) is 0. The Balaban J connectivity index is 2.38. The maximum absolute atomic E-state index is 2.61. The summed E-state index contributed by atoms with van der Waals surface area (Å²) < 4.78 is 0. The summed E-state index contributed by atoms with van der Waals surface area (Å²) in [6, 6.07) is 3.04. The molecule has 0 radical (unpaired) electrons. The molecular formula is C15H33NSi. The Kier molecular flexibility index (Phi) is 5.27. The van der Waals surface area contributed by atoms with Gasteiger partial charge in [0.15, 0.2) is 0 Å². The van der Waals surface area contributed by atoms with Crippen molar-refractivity contribution in [1.82, 2.24) is 4.90 Å². The maximum atomic E-state index is 2.61. The molecule has 102 valence electrons. The largest absolute Gasteiger partial charge is 0.304 e. The second-order valence-electron chi connectivity index (χ2n) is 7.98. The Morgan fingerprint density at radius 3 is 2.06 bits per heavy atom. The van der Waals surface area contributed by atoms with E-state index < -0.39 is 8.07 Å². The molecule has 1 saturated heterocycles. The van der Waals surface area contributed by atoms with Gasteiger partial charge in [-0.05, 0) is 43.8 Å². The number of likely N-dealkylation sites (tertiary alicyclic amines) is 1. The van der Waals surface area contributed by atoms with Crippen LogP contribution in [-0.2, 0) is 0 Å². The molecule has 0 aromatic heterocycles. The van der Waals surface area contributed by atoms with Crippen molar-refractivity contribution in [3.63, 3.8) is 0 Å². The smallest absolute Gasteiger partial charge is 0.0481 e. The lowest BCUT2D eigenvalue weighted by atomic mass is 9.99. The second-order valence-corrected chi connectivity index (χ2v) is 13.1. The Morgan fingerprint density at radius 2 is 1.65 bits per heavy atom. The molecule has 0 aromatic carbocycles. The third-order valence-corrected chi connectivity index (χ3v) is 7.70. The van der Waals surface area contributed by atoms with Gasteiger partial charge in [0, 0.05) is 8.07 Å². The van der Waals surface area contributed by atoms with Crippen LogP contribution < -0.4 is 0 Å². The second kappa shape index (κ2) is 5.88. The summed E-state index contributed by atoms with van der Waals surface area (Å²) in [4.78, 5) is 2.61. The van der Waals surface area contributed by atoms with Gasteiger partial charge in [-0.15, -0.1) is 0 Å². The number of hydrogen-bond acceptors (Lipinski definition) is 1. The highest BCUT2D eigenvalue weighted by Crippen LogP contribution is 2.34. The van der Waals surface area contributed by atoms with Crippen molar-refractivity contribution in [2.75, 3.05) is 19.6 Å². The minimum absolute atomic E-state index is 0.528. The molecule has 1 nitrogen and oxygen atoms in total. The first kappa shape index (κ1) is 15.2. The molecule has 0 bridgehead atoms. The van der Waals surface area contributed by atoms with Crippen LogP contribution in [-0.4, -0.2) is 32.6 Å². The Labute approximate surface area is 110 Å². The van der Waals surface area contributed by atoms with E-state index in [1.807, 2.05) is 0 Å². The van der Waals surface area contributed by atoms with E-state index in [1.165, 1.54) is 38.5 Å². The monoisotopic (exact) mass is 255 g/mol. The van der Waals surface area contributed by atoms with Crippen LogP contribution in [0.3, 0.4) is 0 Å². The fourth-order valence-corrected chi connectivity index (χ4v) is 8.78. The molecule has 0 saturated carbocycles. The maximum Gasteiger partial charge on any atom is 0.0481 e. The molecule has 0 amide bonds. The first-order valence-electron chi connectivity index (χ1n) is 7.44. The fraction of sp³-hybridized carbons (Fsp3) is 1.00. The third-order valence-electron chi connectivity index (χ3n) is 4.00. The van der Waals surface area contributed by atoms with E-state index in [1.54, 1.807) is 6.04 Å². The van der Waals surface area contributed by atoms with Crippen molar-refractivity contribution in [1.29, 1.82) is 0 Å². The van der Waals surface area contributed by atoms with Gasteiger partial charge in [-0.25, -0.2) is 0 Å². The van der Waals surface area contributed by atoms with Gasteiger partial charge in [-0.1, -0.05) is 52.9 Å². The number of rotatable bonds is 4. The molecule has 0 spiro atoms. The molecule has 1 rings (SSSR count). The first-order chi connectivity index (χ1) is 7.72. The summed E-state index contributed by atoms with van der Waals surface area (Å²) in [5.41, 5.74) is 0.528. The summed E-state index contributed by atoms with van der Waals surface area (Å²) in [5, 5.41) is 0. The van der Waals surface area contributed by atoms with Gasteiger partial charge < -0.3 is 4.90 Å². The average molecular weight is 256 g/mol. The van der Waals surface area contributed by atoms with Crippen molar-refractivity contribution in [2.45, 2.75) is 65.7 Å². The first-order valence-corrected chi connectivity index (χ1v) is 10.9. The highest BCUT2D eigenvalue weighted by molar-refractivity contribution is 6.77. The molecule has 17 heavy (non-hydrogen) atoms.